The molecular weight excluding hydrogens is 337 g/mol. The molecule has 0 aliphatic carbocycles. The van der Waals surface area contributed by atoms with Gasteiger partial charge in [0.2, 0.25) is 5.91 Å². The summed E-state index contributed by atoms with van der Waals surface area (Å²) in [4.78, 5) is 12.7. The second-order valence-corrected chi connectivity index (χ2v) is 5.93. The van der Waals surface area contributed by atoms with Crippen molar-refractivity contribution in [2.75, 3.05) is 6.54 Å². The van der Waals surface area contributed by atoms with Crippen LogP contribution < -0.4 is 5.32 Å². The van der Waals surface area contributed by atoms with Crippen molar-refractivity contribution in [3.8, 4) is 0 Å². The van der Waals surface area contributed by atoms with Crippen LogP contribution in [0.2, 0.25) is 0 Å². The Morgan fingerprint density at radius 2 is 2.23 bits per heavy atom. The minimum atomic E-state index is -0.642. The van der Waals surface area contributed by atoms with E-state index in [4.69, 9.17) is 0 Å². The molecule has 0 saturated heterocycles. The molecule has 1 aromatic carbocycles. The van der Waals surface area contributed by atoms with Crippen LogP contribution >= 0.6 is 0 Å². The summed E-state index contributed by atoms with van der Waals surface area (Å²) in [6.45, 7) is 2.94. The summed E-state index contributed by atoms with van der Waals surface area (Å²) in [6, 6.07) is 7.40. The third-order valence-electron chi connectivity index (χ3n) is 4.00. The number of hydrogen-bond acceptors (Lipinski definition) is 5. The van der Waals surface area contributed by atoms with Gasteiger partial charge in [0.1, 0.15) is 17.7 Å². The molecule has 136 valence electrons. The number of tetrazole rings is 1. The normalized spacial score (nSPS) is 12.1. The molecule has 0 fully saturated rings. The molecule has 1 atom stereocenters. The number of aryl methyl sites for hydroxylation is 2. The van der Waals surface area contributed by atoms with Gasteiger partial charge >= 0.3 is 0 Å². The lowest BCUT2D eigenvalue weighted by Crippen LogP contribution is -2.35. The van der Waals surface area contributed by atoms with E-state index in [1.165, 1.54) is 16.8 Å². The third-order valence-corrected chi connectivity index (χ3v) is 4.00. The highest BCUT2D eigenvalue weighted by Gasteiger charge is 2.24. The SMILES string of the molecule is Cc1nnnn1C(Cc1cccc(F)c1)C(=O)NCCCn1cccn1. The number of nitrogens with zero attached hydrogens (tertiary/aromatic N) is 6. The van der Waals surface area contributed by atoms with Crippen molar-refractivity contribution < 1.29 is 9.18 Å². The Morgan fingerprint density at radius 3 is 2.92 bits per heavy atom. The highest BCUT2D eigenvalue weighted by Crippen LogP contribution is 2.16. The lowest BCUT2D eigenvalue weighted by atomic mass is 10.0. The van der Waals surface area contributed by atoms with Crippen LogP contribution in [0.4, 0.5) is 4.39 Å². The first kappa shape index (κ1) is 17.7. The first-order chi connectivity index (χ1) is 12.6. The van der Waals surface area contributed by atoms with Crippen molar-refractivity contribution in [3.05, 3.63) is 59.9 Å². The van der Waals surface area contributed by atoms with Crippen molar-refractivity contribution in [3.63, 3.8) is 0 Å². The van der Waals surface area contributed by atoms with Crippen LogP contribution in [0, 0.1) is 12.7 Å². The van der Waals surface area contributed by atoms with Crippen LogP contribution in [-0.2, 0) is 17.8 Å². The molecule has 0 spiro atoms. The van der Waals surface area contributed by atoms with Gasteiger partial charge in [0.15, 0.2) is 0 Å². The van der Waals surface area contributed by atoms with E-state index in [2.05, 4.69) is 25.9 Å². The molecule has 9 heteroatoms. The van der Waals surface area contributed by atoms with Crippen LogP contribution in [0.3, 0.4) is 0 Å². The number of benzene rings is 1. The number of aromatic nitrogens is 6. The Kier molecular flexibility index (Phi) is 5.67. The van der Waals surface area contributed by atoms with Gasteiger partial charge in [0.05, 0.1) is 0 Å². The summed E-state index contributed by atoms with van der Waals surface area (Å²) in [5.41, 5.74) is 0.705. The molecule has 26 heavy (non-hydrogen) atoms. The van der Waals surface area contributed by atoms with Crippen LogP contribution in [-0.4, -0.2) is 42.4 Å². The molecule has 0 bridgehead atoms. The summed E-state index contributed by atoms with van der Waals surface area (Å²) in [5, 5.41) is 18.4. The lowest BCUT2D eigenvalue weighted by molar-refractivity contribution is -0.124. The molecule has 0 aliphatic rings. The van der Waals surface area contributed by atoms with E-state index < -0.39 is 6.04 Å². The van der Waals surface area contributed by atoms with Gasteiger partial charge in [0, 0.05) is 31.9 Å². The van der Waals surface area contributed by atoms with Crippen molar-refractivity contribution in [1.29, 1.82) is 0 Å². The van der Waals surface area contributed by atoms with E-state index in [0.717, 1.165) is 6.42 Å². The Bertz CT molecular complexity index is 846. The van der Waals surface area contributed by atoms with Gasteiger partial charge in [-0.1, -0.05) is 12.1 Å². The molecule has 0 radical (unpaired) electrons. The third kappa shape index (κ3) is 4.50. The molecule has 2 aromatic heterocycles. The fourth-order valence-electron chi connectivity index (χ4n) is 2.71. The average Bonchev–Trinajstić information content (AvgIpc) is 3.28. The smallest absolute Gasteiger partial charge is 0.245 e. The Hall–Kier alpha value is -3.10. The van der Waals surface area contributed by atoms with Gasteiger partial charge in [-0.05, 0) is 47.5 Å². The van der Waals surface area contributed by atoms with Crippen LogP contribution in [0.25, 0.3) is 0 Å². The quantitative estimate of drug-likeness (QED) is 0.614. The first-order valence-corrected chi connectivity index (χ1v) is 8.37. The maximum Gasteiger partial charge on any atom is 0.245 e. The molecule has 1 N–H and O–H groups in total. The number of nitrogens with one attached hydrogen (secondary N) is 1. The number of amides is 1. The molecule has 1 amide bonds. The number of carbonyl (C=O) groups excluding carboxylic acids is 1. The number of carbonyl (C=O) groups is 1. The molecule has 8 nitrogen and oxygen atoms in total. The number of hydrogen-bond donors (Lipinski definition) is 1. The molecule has 2 heterocycles. The maximum absolute atomic E-state index is 13.5. The predicted molar refractivity (Wildman–Crippen MR) is 91.5 cm³/mol. The first-order valence-electron chi connectivity index (χ1n) is 8.37. The van der Waals surface area contributed by atoms with Crippen LogP contribution in [0.1, 0.15) is 23.9 Å². The fraction of sp³-hybridized carbons (Fsp3) is 0.353. The van der Waals surface area contributed by atoms with Crippen molar-refractivity contribution in [2.24, 2.45) is 0 Å². The Morgan fingerprint density at radius 1 is 1.35 bits per heavy atom. The molecule has 1 unspecified atom stereocenters. The van der Waals surface area contributed by atoms with E-state index in [1.54, 1.807) is 25.3 Å². The molecule has 3 aromatic rings. The maximum atomic E-state index is 13.5. The lowest BCUT2D eigenvalue weighted by Gasteiger charge is -2.17. The van der Waals surface area contributed by atoms with Gasteiger partial charge in [-0.15, -0.1) is 5.10 Å². The van der Waals surface area contributed by atoms with Gasteiger partial charge in [0.25, 0.3) is 0 Å². The van der Waals surface area contributed by atoms with Crippen molar-refractivity contribution in [1.82, 2.24) is 35.3 Å². The van der Waals surface area contributed by atoms with E-state index in [-0.39, 0.29) is 11.7 Å². The molecule has 0 aliphatic heterocycles. The Balaban J connectivity index is 1.64. The Labute approximate surface area is 150 Å². The van der Waals surface area contributed by atoms with Crippen LogP contribution in [0.5, 0.6) is 0 Å². The highest BCUT2D eigenvalue weighted by molar-refractivity contribution is 5.80. The van der Waals surface area contributed by atoms with E-state index in [1.807, 2.05) is 16.9 Å². The zero-order valence-electron chi connectivity index (χ0n) is 14.4. The van der Waals surface area contributed by atoms with Crippen LogP contribution in [0.15, 0.2) is 42.7 Å². The monoisotopic (exact) mass is 357 g/mol. The topological polar surface area (TPSA) is 90.5 Å². The predicted octanol–water partition coefficient (Wildman–Crippen LogP) is 1.31. The van der Waals surface area contributed by atoms with E-state index in [0.29, 0.717) is 30.9 Å². The summed E-state index contributed by atoms with van der Waals surface area (Å²) in [6.07, 6.45) is 4.64. The van der Waals surface area contributed by atoms with Crippen molar-refractivity contribution in [2.45, 2.75) is 32.4 Å². The molecular formula is C17H20FN7O. The summed E-state index contributed by atoms with van der Waals surface area (Å²) >= 11 is 0. The van der Waals surface area contributed by atoms with E-state index in [9.17, 15) is 9.18 Å². The van der Waals surface area contributed by atoms with Gasteiger partial charge < -0.3 is 5.32 Å². The molecule has 0 saturated carbocycles. The highest BCUT2D eigenvalue weighted by atomic mass is 19.1. The fourth-order valence-corrected chi connectivity index (χ4v) is 2.71. The second-order valence-electron chi connectivity index (χ2n) is 5.93. The minimum Gasteiger partial charge on any atom is -0.354 e. The summed E-state index contributed by atoms with van der Waals surface area (Å²) < 4.78 is 16.7. The summed E-state index contributed by atoms with van der Waals surface area (Å²) in [5.74, 6) is -0.0162. The zero-order valence-corrected chi connectivity index (χ0v) is 14.4. The van der Waals surface area contributed by atoms with Crippen molar-refractivity contribution >= 4 is 5.91 Å². The molecule has 3 rings (SSSR count). The van der Waals surface area contributed by atoms with E-state index >= 15 is 0 Å². The minimum absolute atomic E-state index is 0.204. The largest absolute Gasteiger partial charge is 0.354 e. The van der Waals surface area contributed by atoms with Gasteiger partial charge in [-0.2, -0.15) is 5.10 Å². The van der Waals surface area contributed by atoms with Gasteiger partial charge in [-0.3, -0.25) is 9.48 Å². The number of halogens is 1. The summed E-state index contributed by atoms with van der Waals surface area (Å²) in [7, 11) is 0. The average molecular weight is 357 g/mol. The van der Waals surface area contributed by atoms with Gasteiger partial charge in [-0.25, -0.2) is 9.07 Å². The second kappa shape index (κ2) is 8.32. The standard InChI is InChI=1S/C17H20FN7O/c1-13-21-22-23-25(13)16(12-14-5-2-6-15(18)11-14)17(26)19-7-3-9-24-10-4-8-20-24/h2,4-6,8,10-11,16H,3,7,9,12H2,1H3,(H,19,26). The number of rotatable bonds is 8. The zero-order chi connectivity index (χ0) is 18.4.